The molecule has 0 spiro atoms. The number of likely N-dealkylation sites (tertiary alicyclic amines) is 1. The molecule has 1 saturated heterocycles. The lowest BCUT2D eigenvalue weighted by Gasteiger charge is -2.34. The molecule has 0 aliphatic carbocycles. The van der Waals surface area contributed by atoms with E-state index >= 15 is 0 Å². The number of hydrogen-bond acceptors (Lipinski definition) is 5. The third kappa shape index (κ3) is 6.03. The molecule has 0 bridgehead atoms. The van der Waals surface area contributed by atoms with Crippen molar-refractivity contribution in [1.82, 2.24) is 9.21 Å². The van der Waals surface area contributed by atoms with Gasteiger partial charge in [-0.2, -0.15) is 13.2 Å². The minimum absolute atomic E-state index is 0.0513. The van der Waals surface area contributed by atoms with E-state index in [1.54, 1.807) is 0 Å². The zero-order chi connectivity index (χ0) is 21.8. The number of carbonyl (C=O) groups excluding carboxylic acids is 1. The Morgan fingerprint density at radius 2 is 1.83 bits per heavy atom. The van der Waals surface area contributed by atoms with Gasteiger partial charge in [0.05, 0.1) is 11.5 Å². The molecule has 2 rings (SSSR count). The van der Waals surface area contributed by atoms with Crippen LogP contribution in [0.3, 0.4) is 0 Å². The number of alkyl halides is 3. The number of ether oxygens (including phenoxy) is 1. The SMILES string of the molecule is CN(CC1CCN(C(=O)OC(CO)C(F)(F)F)CC1)S(=O)(=O)c1ccc(F)cc1. The number of benzene rings is 1. The lowest BCUT2D eigenvalue weighted by atomic mass is 9.97. The maximum Gasteiger partial charge on any atom is 0.427 e. The lowest BCUT2D eigenvalue weighted by Crippen LogP contribution is -2.45. The van der Waals surface area contributed by atoms with Crippen LogP contribution in [0.25, 0.3) is 0 Å². The standard InChI is InChI=1S/C17H22F4N2O5S/c1-22(29(26,27)14-4-2-13(18)3-5-14)10-12-6-8-23(9-7-12)16(25)28-15(11-24)17(19,20)21/h2-5,12,15,24H,6-11H2,1H3. The Morgan fingerprint density at radius 1 is 1.28 bits per heavy atom. The molecule has 1 heterocycles. The number of nitrogens with zero attached hydrogens (tertiary/aromatic N) is 2. The average Bonchev–Trinajstić information content (AvgIpc) is 2.65. The zero-order valence-corrected chi connectivity index (χ0v) is 16.4. The van der Waals surface area contributed by atoms with Crippen LogP contribution in [0, 0.1) is 11.7 Å². The van der Waals surface area contributed by atoms with Gasteiger partial charge in [-0.05, 0) is 43.0 Å². The molecule has 1 N–H and O–H groups in total. The molecule has 1 unspecified atom stereocenters. The average molecular weight is 442 g/mol. The molecule has 1 amide bonds. The maximum atomic E-state index is 13.0. The predicted octanol–water partition coefficient (Wildman–Crippen LogP) is 2.22. The van der Waals surface area contributed by atoms with Gasteiger partial charge in [-0.1, -0.05) is 0 Å². The van der Waals surface area contributed by atoms with E-state index in [0.717, 1.165) is 33.5 Å². The molecule has 12 heteroatoms. The Labute approximate surface area is 165 Å². The first-order chi connectivity index (χ1) is 13.4. The summed E-state index contributed by atoms with van der Waals surface area (Å²) in [5.74, 6) is -0.671. The van der Waals surface area contributed by atoms with E-state index in [4.69, 9.17) is 5.11 Å². The van der Waals surface area contributed by atoms with Crippen molar-refractivity contribution in [2.75, 3.05) is 33.3 Å². The highest BCUT2D eigenvalue weighted by Crippen LogP contribution is 2.25. The molecule has 0 saturated carbocycles. The molecular formula is C17H22F4N2O5S. The number of rotatable bonds is 6. The van der Waals surface area contributed by atoms with Crippen molar-refractivity contribution in [3.05, 3.63) is 30.1 Å². The van der Waals surface area contributed by atoms with Gasteiger partial charge in [0.2, 0.25) is 16.1 Å². The summed E-state index contributed by atoms with van der Waals surface area (Å²) < 4.78 is 81.3. The normalized spacial score (nSPS) is 17.4. The summed E-state index contributed by atoms with van der Waals surface area (Å²) in [6, 6.07) is 4.42. The van der Waals surface area contributed by atoms with Crippen LogP contribution in [-0.2, 0) is 14.8 Å². The van der Waals surface area contributed by atoms with Crippen LogP contribution in [0.4, 0.5) is 22.4 Å². The van der Waals surface area contributed by atoms with Crippen molar-refractivity contribution < 1.29 is 40.6 Å². The first-order valence-electron chi connectivity index (χ1n) is 8.80. The fourth-order valence-corrected chi connectivity index (χ4v) is 4.20. The molecule has 0 radical (unpaired) electrons. The number of amides is 1. The molecule has 1 aliphatic heterocycles. The number of halogens is 4. The van der Waals surface area contributed by atoms with Crippen LogP contribution in [0.5, 0.6) is 0 Å². The molecule has 1 aromatic rings. The lowest BCUT2D eigenvalue weighted by molar-refractivity contribution is -0.214. The summed E-state index contributed by atoms with van der Waals surface area (Å²) in [4.78, 5) is 12.9. The Balaban J connectivity index is 1.89. The van der Waals surface area contributed by atoms with E-state index in [-0.39, 0.29) is 30.4 Å². The molecule has 1 atom stereocenters. The smallest absolute Gasteiger partial charge is 0.427 e. The van der Waals surface area contributed by atoms with E-state index < -0.39 is 40.8 Å². The van der Waals surface area contributed by atoms with Gasteiger partial charge in [-0.3, -0.25) is 0 Å². The van der Waals surface area contributed by atoms with Crippen molar-refractivity contribution in [1.29, 1.82) is 0 Å². The van der Waals surface area contributed by atoms with E-state index in [0.29, 0.717) is 12.8 Å². The van der Waals surface area contributed by atoms with Crippen LogP contribution < -0.4 is 0 Å². The van der Waals surface area contributed by atoms with Gasteiger partial charge in [0, 0.05) is 26.7 Å². The minimum Gasteiger partial charge on any atom is -0.434 e. The molecule has 1 fully saturated rings. The molecule has 7 nitrogen and oxygen atoms in total. The number of piperidine rings is 1. The topological polar surface area (TPSA) is 87.2 Å². The molecule has 1 aromatic carbocycles. The van der Waals surface area contributed by atoms with Crippen molar-refractivity contribution in [3.63, 3.8) is 0 Å². The van der Waals surface area contributed by atoms with Gasteiger partial charge in [-0.25, -0.2) is 21.9 Å². The third-order valence-corrected chi connectivity index (χ3v) is 6.52. The highest BCUT2D eigenvalue weighted by molar-refractivity contribution is 7.89. The predicted molar refractivity (Wildman–Crippen MR) is 93.9 cm³/mol. The number of hydrogen-bond donors (Lipinski definition) is 1. The quantitative estimate of drug-likeness (QED) is 0.683. The number of carbonyl (C=O) groups is 1. The number of aliphatic hydroxyl groups excluding tert-OH is 1. The van der Waals surface area contributed by atoms with Crippen LogP contribution >= 0.6 is 0 Å². The Bertz CT molecular complexity index is 793. The maximum absolute atomic E-state index is 13.0. The second-order valence-electron chi connectivity index (χ2n) is 6.77. The van der Waals surface area contributed by atoms with Gasteiger partial charge in [0.15, 0.2) is 0 Å². The second kappa shape index (κ2) is 9.26. The summed E-state index contributed by atoms with van der Waals surface area (Å²) >= 11 is 0. The summed E-state index contributed by atoms with van der Waals surface area (Å²) in [5.41, 5.74) is 0. The van der Waals surface area contributed by atoms with Gasteiger partial charge in [0.1, 0.15) is 5.82 Å². The molecule has 29 heavy (non-hydrogen) atoms. The van der Waals surface area contributed by atoms with Crippen molar-refractivity contribution >= 4 is 16.1 Å². The number of aliphatic hydroxyl groups is 1. The van der Waals surface area contributed by atoms with E-state index in [1.807, 2.05) is 0 Å². The Kier molecular flexibility index (Phi) is 7.46. The first kappa shape index (κ1) is 23.4. The van der Waals surface area contributed by atoms with Crippen molar-refractivity contribution in [2.45, 2.75) is 30.0 Å². The second-order valence-corrected chi connectivity index (χ2v) is 8.81. The zero-order valence-electron chi connectivity index (χ0n) is 15.6. The summed E-state index contributed by atoms with van der Waals surface area (Å²) in [5, 5.41) is 8.74. The highest BCUT2D eigenvalue weighted by atomic mass is 32.2. The first-order valence-corrected chi connectivity index (χ1v) is 10.2. The van der Waals surface area contributed by atoms with Gasteiger partial charge in [0.25, 0.3) is 0 Å². The number of sulfonamides is 1. The fraction of sp³-hybridized carbons (Fsp3) is 0.588. The highest BCUT2D eigenvalue weighted by Gasteiger charge is 2.43. The summed E-state index contributed by atoms with van der Waals surface area (Å²) in [7, 11) is -2.43. The van der Waals surface area contributed by atoms with E-state index in [9.17, 15) is 30.8 Å². The third-order valence-electron chi connectivity index (χ3n) is 4.68. The summed E-state index contributed by atoms with van der Waals surface area (Å²) in [6.07, 6.45) is -7.88. The molecule has 0 aromatic heterocycles. The van der Waals surface area contributed by atoms with Gasteiger partial charge < -0.3 is 14.7 Å². The largest absolute Gasteiger partial charge is 0.434 e. The van der Waals surface area contributed by atoms with E-state index in [2.05, 4.69) is 4.74 Å². The van der Waals surface area contributed by atoms with Gasteiger partial charge >= 0.3 is 12.3 Å². The summed E-state index contributed by atoms with van der Waals surface area (Å²) in [6.45, 7) is -1.02. The van der Waals surface area contributed by atoms with Crippen LogP contribution in [0.1, 0.15) is 12.8 Å². The van der Waals surface area contributed by atoms with Crippen molar-refractivity contribution in [3.8, 4) is 0 Å². The Morgan fingerprint density at radius 3 is 2.31 bits per heavy atom. The Hall–Kier alpha value is -1.92. The van der Waals surface area contributed by atoms with Gasteiger partial charge in [-0.15, -0.1) is 0 Å². The van der Waals surface area contributed by atoms with Crippen LogP contribution in [0.15, 0.2) is 29.2 Å². The molecule has 164 valence electrons. The molecular weight excluding hydrogens is 420 g/mol. The van der Waals surface area contributed by atoms with Crippen LogP contribution in [-0.4, -0.2) is 74.4 Å². The minimum atomic E-state index is -4.86. The fourth-order valence-electron chi connectivity index (χ4n) is 2.95. The molecule has 1 aliphatic rings. The van der Waals surface area contributed by atoms with E-state index in [1.165, 1.54) is 7.05 Å². The monoisotopic (exact) mass is 442 g/mol. The van der Waals surface area contributed by atoms with Crippen LogP contribution in [0.2, 0.25) is 0 Å². The van der Waals surface area contributed by atoms with Crippen molar-refractivity contribution in [2.24, 2.45) is 5.92 Å².